The molecule has 1 amide bonds. The topological polar surface area (TPSA) is 84.1 Å². The van der Waals surface area contributed by atoms with Gasteiger partial charge in [0.15, 0.2) is 0 Å². The highest BCUT2D eigenvalue weighted by Crippen LogP contribution is 2.38. The molecular weight excluding hydrogens is 502 g/mol. The maximum atomic E-state index is 15.3. The number of carbonyl (C=O) groups excluding carboxylic acids is 1. The molecule has 36 heavy (non-hydrogen) atoms. The number of alkyl halides is 3. The second-order valence-corrected chi connectivity index (χ2v) is 9.08. The lowest BCUT2D eigenvalue weighted by atomic mass is 9.81. The van der Waals surface area contributed by atoms with Gasteiger partial charge in [0.1, 0.15) is 11.6 Å². The summed E-state index contributed by atoms with van der Waals surface area (Å²) in [5.41, 5.74) is -1.92. The average molecular weight is 524 g/mol. The van der Waals surface area contributed by atoms with Crippen LogP contribution in [0.2, 0.25) is 5.02 Å². The lowest BCUT2D eigenvalue weighted by molar-refractivity contribution is -0.137. The van der Waals surface area contributed by atoms with Crippen LogP contribution in [0.4, 0.5) is 17.6 Å². The molecule has 0 atom stereocenters. The van der Waals surface area contributed by atoms with Gasteiger partial charge in [-0.15, -0.1) is 0 Å². The number of hydrogen-bond acceptors (Lipinski definition) is 4. The Bertz CT molecular complexity index is 1320. The number of amides is 1. The molecule has 1 heterocycles. The Labute approximate surface area is 208 Å². The van der Waals surface area contributed by atoms with Crippen LogP contribution in [0, 0.1) is 18.7 Å². The highest BCUT2D eigenvalue weighted by atomic mass is 35.5. The Kier molecular flexibility index (Phi) is 7.46. The molecule has 0 aliphatic heterocycles. The van der Waals surface area contributed by atoms with E-state index in [2.05, 4.69) is 15.3 Å². The van der Waals surface area contributed by atoms with E-state index in [1.165, 1.54) is 6.92 Å². The monoisotopic (exact) mass is 523 g/mol. The third kappa shape index (κ3) is 5.93. The Morgan fingerprint density at radius 2 is 1.89 bits per heavy atom. The molecule has 6 nitrogen and oxygen atoms in total. The first kappa shape index (κ1) is 25.8. The minimum absolute atomic E-state index is 0.102. The standard InChI is InChI=1S/C25H22ClF4N3O3/c1-13-8-20(34)33-23(32-13)21-19(25(28,29)30)7-4-15(22(21)27)11-31-24(35)16-9-18(10-16)36-12-14-2-5-17(26)6-3-14/h2-8,16,18H,9-12H2,1H3,(H,31,35)(H,32,33,34). The van der Waals surface area contributed by atoms with E-state index in [9.17, 15) is 22.8 Å². The molecule has 0 bridgehead atoms. The predicted molar refractivity (Wildman–Crippen MR) is 125 cm³/mol. The van der Waals surface area contributed by atoms with Gasteiger partial charge >= 0.3 is 6.18 Å². The number of nitrogens with one attached hydrogen (secondary N) is 2. The first-order chi connectivity index (χ1) is 17.0. The number of aryl methyl sites for hydroxylation is 1. The molecule has 1 aliphatic carbocycles. The van der Waals surface area contributed by atoms with Gasteiger partial charge in [-0.2, -0.15) is 13.2 Å². The lowest BCUT2D eigenvalue weighted by Gasteiger charge is -2.34. The number of ether oxygens (including phenoxy) is 1. The van der Waals surface area contributed by atoms with Crippen LogP contribution in [-0.4, -0.2) is 22.0 Å². The van der Waals surface area contributed by atoms with Crippen LogP contribution >= 0.6 is 11.6 Å². The van der Waals surface area contributed by atoms with Crippen LogP contribution in [0.5, 0.6) is 0 Å². The van der Waals surface area contributed by atoms with Gasteiger partial charge in [0.05, 0.1) is 23.8 Å². The van der Waals surface area contributed by atoms with Gasteiger partial charge in [-0.3, -0.25) is 9.59 Å². The van der Waals surface area contributed by atoms with Crippen LogP contribution in [0.3, 0.4) is 0 Å². The number of benzene rings is 2. The third-order valence-electron chi connectivity index (χ3n) is 5.95. The number of rotatable bonds is 7. The Hall–Kier alpha value is -3.24. The summed E-state index contributed by atoms with van der Waals surface area (Å²) in [6.07, 6.45) is -4.02. The molecule has 0 saturated heterocycles. The molecule has 1 aliphatic rings. The molecule has 1 saturated carbocycles. The summed E-state index contributed by atoms with van der Waals surface area (Å²) in [5, 5.41) is 3.20. The Morgan fingerprint density at radius 1 is 1.19 bits per heavy atom. The largest absolute Gasteiger partial charge is 0.417 e. The lowest BCUT2D eigenvalue weighted by Crippen LogP contribution is -2.42. The molecule has 1 aromatic heterocycles. The van der Waals surface area contributed by atoms with E-state index in [1.807, 2.05) is 12.1 Å². The fraction of sp³-hybridized carbons (Fsp3) is 0.320. The second-order valence-electron chi connectivity index (χ2n) is 8.64. The van der Waals surface area contributed by atoms with E-state index in [4.69, 9.17) is 16.3 Å². The van der Waals surface area contributed by atoms with Crippen molar-refractivity contribution in [2.45, 2.75) is 45.2 Å². The van der Waals surface area contributed by atoms with Gasteiger partial charge in [0.2, 0.25) is 5.91 Å². The van der Waals surface area contributed by atoms with Crippen molar-refractivity contribution in [2.24, 2.45) is 5.92 Å². The van der Waals surface area contributed by atoms with Crippen molar-refractivity contribution in [2.75, 3.05) is 0 Å². The summed E-state index contributed by atoms with van der Waals surface area (Å²) in [6.45, 7) is 1.47. The fourth-order valence-corrected chi connectivity index (χ4v) is 4.08. The minimum atomic E-state index is -4.88. The van der Waals surface area contributed by atoms with Gasteiger partial charge in [0, 0.05) is 34.8 Å². The van der Waals surface area contributed by atoms with E-state index in [1.54, 1.807) is 12.1 Å². The van der Waals surface area contributed by atoms with Crippen molar-refractivity contribution >= 4 is 17.5 Å². The molecule has 11 heteroatoms. The number of halogens is 5. The Balaban J connectivity index is 1.40. The van der Waals surface area contributed by atoms with Crippen molar-refractivity contribution in [3.05, 3.63) is 86.0 Å². The maximum Gasteiger partial charge on any atom is 0.417 e. The number of hydrogen-bond donors (Lipinski definition) is 2. The summed E-state index contributed by atoms with van der Waals surface area (Å²) in [7, 11) is 0. The van der Waals surface area contributed by atoms with E-state index < -0.39 is 34.5 Å². The highest BCUT2D eigenvalue weighted by Gasteiger charge is 2.37. The van der Waals surface area contributed by atoms with Crippen molar-refractivity contribution in [1.82, 2.24) is 15.3 Å². The van der Waals surface area contributed by atoms with Crippen LogP contribution in [0.1, 0.15) is 35.2 Å². The van der Waals surface area contributed by atoms with Crippen LogP contribution in [-0.2, 0) is 28.9 Å². The molecule has 190 valence electrons. The van der Waals surface area contributed by atoms with Gasteiger partial charge < -0.3 is 15.0 Å². The van der Waals surface area contributed by atoms with Crippen LogP contribution < -0.4 is 10.9 Å². The van der Waals surface area contributed by atoms with Crippen molar-refractivity contribution in [3.8, 4) is 11.4 Å². The average Bonchev–Trinajstić information content (AvgIpc) is 2.76. The van der Waals surface area contributed by atoms with Crippen LogP contribution in [0.15, 0.2) is 47.3 Å². The molecule has 4 rings (SSSR count). The zero-order valence-corrected chi connectivity index (χ0v) is 19.8. The number of H-pyrrole nitrogens is 1. The minimum Gasteiger partial charge on any atom is -0.373 e. The molecule has 0 radical (unpaired) electrons. The smallest absolute Gasteiger partial charge is 0.373 e. The van der Waals surface area contributed by atoms with Gasteiger partial charge in [-0.25, -0.2) is 9.37 Å². The molecule has 0 unspecified atom stereocenters. The normalized spacial score (nSPS) is 17.5. The molecule has 0 spiro atoms. The highest BCUT2D eigenvalue weighted by molar-refractivity contribution is 6.30. The van der Waals surface area contributed by atoms with Gasteiger partial charge in [-0.05, 0) is 43.5 Å². The number of nitrogens with zero attached hydrogens (tertiary/aromatic N) is 1. The van der Waals surface area contributed by atoms with E-state index in [0.717, 1.165) is 17.7 Å². The molecule has 2 N–H and O–H groups in total. The number of aromatic nitrogens is 2. The molecule has 1 fully saturated rings. The molecule has 2 aromatic carbocycles. The zero-order chi connectivity index (χ0) is 26.0. The molecular formula is C25H22ClF4N3O3. The number of carbonyl (C=O) groups is 1. The van der Waals surface area contributed by atoms with Crippen molar-refractivity contribution in [3.63, 3.8) is 0 Å². The van der Waals surface area contributed by atoms with Gasteiger partial charge in [0.25, 0.3) is 5.56 Å². The third-order valence-corrected chi connectivity index (χ3v) is 6.20. The first-order valence-corrected chi connectivity index (χ1v) is 11.5. The van der Waals surface area contributed by atoms with Crippen molar-refractivity contribution in [1.29, 1.82) is 0 Å². The van der Waals surface area contributed by atoms with Crippen LogP contribution in [0.25, 0.3) is 11.4 Å². The van der Waals surface area contributed by atoms with E-state index in [-0.39, 0.29) is 35.7 Å². The van der Waals surface area contributed by atoms with E-state index in [0.29, 0.717) is 30.5 Å². The summed E-state index contributed by atoms with van der Waals surface area (Å²) < 4.78 is 61.8. The Morgan fingerprint density at radius 3 is 2.53 bits per heavy atom. The number of aromatic amines is 1. The second kappa shape index (κ2) is 10.4. The molecule has 3 aromatic rings. The summed E-state index contributed by atoms with van der Waals surface area (Å²) >= 11 is 5.85. The summed E-state index contributed by atoms with van der Waals surface area (Å²) in [6, 6.07) is 9.98. The van der Waals surface area contributed by atoms with Gasteiger partial charge in [-0.1, -0.05) is 29.8 Å². The SMILES string of the molecule is Cc1cc(=O)[nH]c(-c2c(C(F)(F)F)ccc(CNC(=O)C3CC(OCc4ccc(Cl)cc4)C3)c2F)n1. The fourth-order valence-electron chi connectivity index (χ4n) is 3.96. The maximum absolute atomic E-state index is 15.3. The quantitative estimate of drug-likeness (QED) is 0.419. The zero-order valence-electron chi connectivity index (χ0n) is 19.1. The summed E-state index contributed by atoms with van der Waals surface area (Å²) in [5.74, 6) is -2.43. The van der Waals surface area contributed by atoms with E-state index >= 15 is 4.39 Å². The van der Waals surface area contributed by atoms with Crippen molar-refractivity contribution < 1.29 is 27.1 Å². The first-order valence-electron chi connectivity index (χ1n) is 11.1. The summed E-state index contributed by atoms with van der Waals surface area (Å²) in [4.78, 5) is 30.3. The predicted octanol–water partition coefficient (Wildman–Crippen LogP) is 5.17.